The molecule has 0 amide bonds. The number of carboxylic acids is 1. The second-order valence-corrected chi connectivity index (χ2v) is 4.77. The van der Waals surface area contributed by atoms with Crippen LogP contribution in [0.25, 0.3) is 0 Å². The number of carbonyl (C=O) groups is 1. The number of hydrogen-bond donors (Lipinski definition) is 4. The normalized spacial score (nSPS) is 31.2. The number of carbonyl (C=O) groups excluding carboxylic acids is 1. The number of anilines is 1. The number of rotatable bonds is 4. The number of aliphatic hydroxyl groups is 3. The van der Waals surface area contributed by atoms with E-state index in [0.29, 0.717) is 5.69 Å². The van der Waals surface area contributed by atoms with Crippen molar-refractivity contribution < 1.29 is 64.4 Å². The Morgan fingerprint density at radius 3 is 2.32 bits per heavy atom. The van der Waals surface area contributed by atoms with Crippen LogP contribution in [0.1, 0.15) is 17.3 Å². The van der Waals surface area contributed by atoms with E-state index in [1.165, 1.54) is 31.2 Å². The molecule has 1 aliphatic heterocycles. The predicted molar refractivity (Wildman–Crippen MR) is 67.8 cm³/mol. The Kier molecular flexibility index (Phi) is 7.23. The third-order valence-corrected chi connectivity index (χ3v) is 3.22. The Balaban J connectivity index is 0.00000242. The number of hydrogen-bond acceptors (Lipinski definition) is 8. The summed E-state index contributed by atoms with van der Waals surface area (Å²) < 4.78 is 5.22. The third-order valence-electron chi connectivity index (χ3n) is 3.22. The maximum Gasteiger partial charge on any atom is 1.00 e. The first kappa shape index (κ1) is 19.3. The van der Waals surface area contributed by atoms with E-state index in [0.717, 1.165) is 0 Å². The topological polar surface area (TPSA) is 131 Å². The third kappa shape index (κ3) is 4.40. The smallest absolute Gasteiger partial charge is 0.545 e. The van der Waals surface area contributed by atoms with Gasteiger partial charge in [-0.1, -0.05) is 12.1 Å². The van der Waals surface area contributed by atoms with Gasteiger partial charge in [0, 0.05) is 0 Å². The summed E-state index contributed by atoms with van der Waals surface area (Å²) in [7, 11) is 0. The van der Waals surface area contributed by atoms with Crippen molar-refractivity contribution in [3.8, 4) is 0 Å². The Labute approximate surface area is 148 Å². The maximum absolute atomic E-state index is 10.6. The van der Waals surface area contributed by atoms with Crippen LogP contribution in [0.15, 0.2) is 24.3 Å². The average Bonchev–Trinajstić information content (AvgIpc) is 2.48. The summed E-state index contributed by atoms with van der Waals surface area (Å²) >= 11 is 0. The number of benzene rings is 1. The van der Waals surface area contributed by atoms with Crippen molar-refractivity contribution in [2.45, 2.75) is 37.6 Å². The van der Waals surface area contributed by atoms with E-state index in [9.17, 15) is 25.2 Å². The number of nitrogens with one attached hydrogen (secondary N) is 1. The van der Waals surface area contributed by atoms with Gasteiger partial charge in [-0.25, -0.2) is 4.84 Å². The molecular formula is C13H16NNaO7. The molecule has 5 atom stereocenters. The molecule has 0 aromatic heterocycles. The molecule has 1 aromatic rings. The molecule has 116 valence electrons. The van der Waals surface area contributed by atoms with E-state index in [-0.39, 0.29) is 35.1 Å². The minimum atomic E-state index is -1.42. The molecule has 1 aliphatic rings. The van der Waals surface area contributed by atoms with Crippen molar-refractivity contribution in [3.05, 3.63) is 29.8 Å². The monoisotopic (exact) mass is 321 g/mol. The number of carboxylic acid groups (broad SMARTS) is 1. The van der Waals surface area contributed by atoms with Crippen molar-refractivity contribution in [1.82, 2.24) is 0 Å². The second-order valence-electron chi connectivity index (χ2n) is 4.77. The molecule has 4 N–H and O–H groups in total. The molecule has 0 spiro atoms. The fourth-order valence-electron chi connectivity index (χ4n) is 1.91. The standard InChI is InChI=1S/C13H17NO7.Na/c1-6-9(15)10(16)11(17)13(20-6)21-14-8-4-2-7(3-5-8)12(18)19;/h2-6,9-11,13-17H,1H3,(H,18,19);/q;+1/p-1/t6-,9-,10+,11+,13?;/m0./s1. The average molecular weight is 321 g/mol. The fourth-order valence-corrected chi connectivity index (χ4v) is 1.91. The Morgan fingerprint density at radius 1 is 1.18 bits per heavy atom. The Bertz CT molecular complexity index is 498. The van der Waals surface area contributed by atoms with Crippen molar-refractivity contribution >= 4 is 11.7 Å². The molecule has 1 heterocycles. The first-order valence-electron chi connectivity index (χ1n) is 6.33. The largest absolute Gasteiger partial charge is 1.00 e. The van der Waals surface area contributed by atoms with E-state index in [1.807, 2.05) is 0 Å². The summed E-state index contributed by atoms with van der Waals surface area (Å²) in [6.07, 6.45) is -5.91. The van der Waals surface area contributed by atoms with Crippen LogP contribution in [0.5, 0.6) is 0 Å². The zero-order valence-electron chi connectivity index (χ0n) is 12.2. The predicted octanol–water partition coefficient (Wildman–Crippen LogP) is -4.77. The van der Waals surface area contributed by atoms with Crippen LogP contribution in [-0.2, 0) is 9.57 Å². The maximum atomic E-state index is 10.6. The van der Waals surface area contributed by atoms with Crippen LogP contribution < -0.4 is 40.1 Å². The summed E-state index contributed by atoms with van der Waals surface area (Å²) in [6, 6.07) is 5.52. The molecule has 1 fully saturated rings. The van der Waals surface area contributed by atoms with Gasteiger partial charge in [0.1, 0.15) is 18.3 Å². The molecule has 8 nitrogen and oxygen atoms in total. The van der Waals surface area contributed by atoms with Gasteiger partial charge in [-0.2, -0.15) is 0 Å². The van der Waals surface area contributed by atoms with Gasteiger partial charge in [-0.05, 0) is 24.6 Å². The Morgan fingerprint density at radius 2 is 1.77 bits per heavy atom. The van der Waals surface area contributed by atoms with Gasteiger partial charge in [0.2, 0.25) is 6.29 Å². The molecule has 0 bridgehead atoms. The molecule has 1 unspecified atom stereocenters. The zero-order chi connectivity index (χ0) is 15.6. The zero-order valence-corrected chi connectivity index (χ0v) is 14.2. The SMILES string of the molecule is C[C@@H]1OC(ONc2ccc(C(=O)[O-])cc2)[C@H](O)[C@H](O)[C@H]1O.[Na+]. The number of aromatic carboxylic acids is 1. The number of ether oxygens (including phenoxy) is 1. The molecule has 0 saturated carbocycles. The van der Waals surface area contributed by atoms with E-state index in [1.54, 1.807) is 0 Å². The minimum Gasteiger partial charge on any atom is -0.545 e. The van der Waals surface area contributed by atoms with Gasteiger partial charge in [-0.3, -0.25) is 5.48 Å². The van der Waals surface area contributed by atoms with Crippen LogP contribution in [0.2, 0.25) is 0 Å². The van der Waals surface area contributed by atoms with Gasteiger partial charge in [0.15, 0.2) is 0 Å². The van der Waals surface area contributed by atoms with E-state index >= 15 is 0 Å². The molecule has 22 heavy (non-hydrogen) atoms. The van der Waals surface area contributed by atoms with Crippen molar-refractivity contribution in [2.24, 2.45) is 0 Å². The molecule has 9 heteroatoms. The van der Waals surface area contributed by atoms with Crippen LogP contribution in [-0.4, -0.2) is 52.0 Å². The quantitative estimate of drug-likeness (QED) is 0.321. The first-order valence-corrected chi connectivity index (χ1v) is 6.33. The van der Waals surface area contributed by atoms with Crippen LogP contribution in [0, 0.1) is 0 Å². The van der Waals surface area contributed by atoms with Crippen molar-refractivity contribution in [3.63, 3.8) is 0 Å². The van der Waals surface area contributed by atoms with Gasteiger partial charge < -0.3 is 30.0 Å². The Hall–Kier alpha value is -0.710. The summed E-state index contributed by atoms with van der Waals surface area (Å²) in [6.45, 7) is 1.53. The van der Waals surface area contributed by atoms with Crippen LogP contribution in [0.4, 0.5) is 5.69 Å². The summed E-state index contributed by atoms with van der Waals surface area (Å²) in [5, 5.41) is 39.5. The molecule has 1 aromatic carbocycles. The summed E-state index contributed by atoms with van der Waals surface area (Å²) in [4.78, 5) is 15.7. The molecule has 0 aliphatic carbocycles. The fraction of sp³-hybridized carbons (Fsp3) is 0.462. The van der Waals surface area contributed by atoms with Gasteiger partial charge in [0.25, 0.3) is 0 Å². The molecule has 0 radical (unpaired) electrons. The van der Waals surface area contributed by atoms with Crippen molar-refractivity contribution in [1.29, 1.82) is 0 Å². The minimum absolute atomic E-state index is 0. The van der Waals surface area contributed by atoms with E-state index in [4.69, 9.17) is 9.57 Å². The second kappa shape index (κ2) is 8.23. The van der Waals surface area contributed by atoms with Crippen LogP contribution in [0.3, 0.4) is 0 Å². The summed E-state index contributed by atoms with van der Waals surface area (Å²) in [5.74, 6) is -1.29. The molecule has 1 saturated heterocycles. The molecular weight excluding hydrogens is 305 g/mol. The van der Waals surface area contributed by atoms with E-state index < -0.39 is 36.7 Å². The van der Waals surface area contributed by atoms with E-state index in [2.05, 4.69) is 5.48 Å². The first-order chi connectivity index (χ1) is 9.90. The van der Waals surface area contributed by atoms with Crippen LogP contribution >= 0.6 is 0 Å². The molecule has 2 rings (SSSR count). The van der Waals surface area contributed by atoms with Crippen molar-refractivity contribution in [2.75, 3.05) is 5.48 Å². The van der Waals surface area contributed by atoms with Gasteiger partial charge in [-0.15, -0.1) is 0 Å². The summed E-state index contributed by atoms with van der Waals surface area (Å²) in [5.41, 5.74) is 2.91. The number of aliphatic hydroxyl groups excluding tert-OH is 3. The van der Waals surface area contributed by atoms with Gasteiger partial charge >= 0.3 is 29.6 Å². The van der Waals surface area contributed by atoms with Gasteiger partial charge in [0.05, 0.1) is 17.8 Å².